The first-order valence-electron chi connectivity index (χ1n) is 12.6. The van der Waals surface area contributed by atoms with Crippen LogP contribution in [-0.2, 0) is 9.59 Å². The molecule has 1 heterocycles. The molecule has 1 atom stereocenters. The summed E-state index contributed by atoms with van der Waals surface area (Å²) in [5.74, 6) is 0.188. The number of anilines is 2. The van der Waals surface area contributed by atoms with Gasteiger partial charge in [0.2, 0.25) is 5.91 Å². The quantitative estimate of drug-likeness (QED) is 0.614. The molecule has 0 aromatic heterocycles. The van der Waals surface area contributed by atoms with E-state index in [0.29, 0.717) is 6.42 Å². The van der Waals surface area contributed by atoms with Gasteiger partial charge in [0, 0.05) is 23.7 Å². The molecule has 1 fully saturated rings. The summed E-state index contributed by atoms with van der Waals surface area (Å²) in [4.78, 5) is 29.1. The number of hydrogen-bond acceptors (Lipinski definition) is 4. The standard InChI is InChI=1S/C29H35N3O2/c1-29(2)17-23-27(25(33)18-29)28(20-11-5-3-6-12-20)32(24-16-10-9-15-22(24)31-23)19-26(34)30-21-13-7-4-8-14-21/h3,5-6,9-12,15-16,21,28,31H,4,7-8,13-14,17-19H2,1-2H3,(H,30,34). The van der Waals surface area contributed by atoms with Gasteiger partial charge in [-0.15, -0.1) is 0 Å². The Bertz CT molecular complexity index is 1100. The Balaban J connectivity index is 1.59. The molecule has 0 bridgehead atoms. The van der Waals surface area contributed by atoms with Gasteiger partial charge in [0.05, 0.1) is 24.0 Å². The maximum Gasteiger partial charge on any atom is 0.239 e. The summed E-state index contributed by atoms with van der Waals surface area (Å²) >= 11 is 0. The number of benzene rings is 2. The Morgan fingerprint density at radius 2 is 1.71 bits per heavy atom. The zero-order valence-corrected chi connectivity index (χ0v) is 20.3. The van der Waals surface area contributed by atoms with Crippen LogP contribution in [0.4, 0.5) is 11.4 Å². The topological polar surface area (TPSA) is 61.4 Å². The second-order valence-corrected chi connectivity index (χ2v) is 10.8. The third kappa shape index (κ3) is 4.61. The van der Waals surface area contributed by atoms with E-state index in [4.69, 9.17) is 0 Å². The van der Waals surface area contributed by atoms with Gasteiger partial charge < -0.3 is 15.5 Å². The molecule has 34 heavy (non-hydrogen) atoms. The van der Waals surface area contributed by atoms with E-state index in [1.54, 1.807) is 0 Å². The van der Waals surface area contributed by atoms with E-state index in [1.165, 1.54) is 19.3 Å². The Hall–Kier alpha value is -3.08. The van der Waals surface area contributed by atoms with Crippen molar-refractivity contribution >= 4 is 23.1 Å². The predicted octanol–water partition coefficient (Wildman–Crippen LogP) is 5.75. The van der Waals surface area contributed by atoms with Crippen molar-refractivity contribution in [1.82, 2.24) is 5.32 Å². The van der Waals surface area contributed by atoms with Crippen molar-refractivity contribution in [3.05, 3.63) is 71.4 Å². The molecule has 2 N–H and O–H groups in total. The zero-order valence-electron chi connectivity index (χ0n) is 20.3. The first kappa shape index (κ1) is 22.7. The molecule has 178 valence electrons. The highest BCUT2D eigenvalue weighted by Crippen LogP contribution is 2.48. The number of Topliss-reactive ketones (excluding diaryl/α,β-unsaturated/α-hetero) is 1. The monoisotopic (exact) mass is 457 g/mol. The van der Waals surface area contributed by atoms with Gasteiger partial charge in [0.25, 0.3) is 0 Å². The molecule has 2 aromatic carbocycles. The van der Waals surface area contributed by atoms with Gasteiger partial charge in [0.15, 0.2) is 5.78 Å². The van der Waals surface area contributed by atoms with Gasteiger partial charge >= 0.3 is 0 Å². The molecule has 5 heteroatoms. The molecule has 0 saturated heterocycles. The fourth-order valence-electron chi connectivity index (χ4n) is 5.88. The van der Waals surface area contributed by atoms with E-state index in [9.17, 15) is 9.59 Å². The first-order chi connectivity index (χ1) is 16.4. The molecule has 1 unspecified atom stereocenters. The van der Waals surface area contributed by atoms with Crippen LogP contribution in [0.15, 0.2) is 65.9 Å². The predicted molar refractivity (Wildman–Crippen MR) is 137 cm³/mol. The summed E-state index contributed by atoms with van der Waals surface area (Å²) in [6.07, 6.45) is 7.01. The number of rotatable bonds is 4. The summed E-state index contributed by atoms with van der Waals surface area (Å²) in [6, 6.07) is 18.2. The van der Waals surface area contributed by atoms with Crippen molar-refractivity contribution in [2.75, 3.05) is 16.8 Å². The lowest BCUT2D eigenvalue weighted by molar-refractivity contribution is -0.121. The fraction of sp³-hybridized carbons (Fsp3) is 0.448. The van der Waals surface area contributed by atoms with Crippen LogP contribution in [0.25, 0.3) is 0 Å². The number of nitrogens with zero attached hydrogens (tertiary/aromatic N) is 1. The maximum absolute atomic E-state index is 13.7. The first-order valence-corrected chi connectivity index (χ1v) is 12.6. The van der Waals surface area contributed by atoms with Gasteiger partial charge in [-0.3, -0.25) is 9.59 Å². The Morgan fingerprint density at radius 3 is 2.47 bits per heavy atom. The lowest BCUT2D eigenvalue weighted by atomic mass is 9.73. The van der Waals surface area contributed by atoms with Gasteiger partial charge in [-0.1, -0.05) is 75.6 Å². The van der Waals surface area contributed by atoms with Crippen LogP contribution in [0.5, 0.6) is 0 Å². The van der Waals surface area contributed by atoms with Gasteiger partial charge in [0.1, 0.15) is 0 Å². The van der Waals surface area contributed by atoms with E-state index in [2.05, 4.69) is 47.6 Å². The van der Waals surface area contributed by atoms with Gasteiger partial charge in [-0.25, -0.2) is 0 Å². The highest BCUT2D eigenvalue weighted by molar-refractivity contribution is 6.01. The summed E-state index contributed by atoms with van der Waals surface area (Å²) in [7, 11) is 0. The summed E-state index contributed by atoms with van der Waals surface area (Å²) in [6.45, 7) is 4.52. The number of fused-ring (bicyclic) bond motifs is 1. The molecule has 3 aliphatic rings. The SMILES string of the molecule is CC1(C)CC(=O)C2=C(C1)Nc1ccccc1N(CC(=O)NC1CCCCC1)C2c1ccccc1. The van der Waals surface area contributed by atoms with Crippen LogP contribution < -0.4 is 15.5 Å². The number of carbonyl (C=O) groups is 2. The molecule has 1 amide bonds. The number of para-hydroxylation sites is 2. The van der Waals surface area contributed by atoms with Crippen molar-refractivity contribution in [3.8, 4) is 0 Å². The number of allylic oxidation sites excluding steroid dienone is 1. The highest BCUT2D eigenvalue weighted by atomic mass is 16.2. The Morgan fingerprint density at radius 1 is 1.00 bits per heavy atom. The minimum Gasteiger partial charge on any atom is -0.357 e. The zero-order chi connectivity index (χ0) is 23.7. The van der Waals surface area contributed by atoms with Crippen molar-refractivity contribution in [3.63, 3.8) is 0 Å². The minimum absolute atomic E-state index is 0.0234. The molecule has 0 radical (unpaired) electrons. The molecule has 5 rings (SSSR count). The van der Waals surface area contributed by atoms with Crippen LogP contribution in [0, 0.1) is 5.41 Å². The van der Waals surface area contributed by atoms with Crippen LogP contribution in [-0.4, -0.2) is 24.3 Å². The summed E-state index contributed by atoms with van der Waals surface area (Å²) in [5, 5.41) is 6.90. The Labute approximate surface area is 202 Å². The third-order valence-corrected chi connectivity index (χ3v) is 7.40. The summed E-state index contributed by atoms with van der Waals surface area (Å²) in [5.41, 5.74) is 4.61. The average molecular weight is 458 g/mol. The third-order valence-electron chi connectivity index (χ3n) is 7.40. The normalized spacial score (nSPS) is 22.4. The van der Waals surface area contributed by atoms with Crippen molar-refractivity contribution in [2.24, 2.45) is 5.41 Å². The van der Waals surface area contributed by atoms with Crippen molar-refractivity contribution in [2.45, 2.75) is 70.9 Å². The number of nitrogens with one attached hydrogen (secondary N) is 2. The largest absolute Gasteiger partial charge is 0.357 e. The van der Waals surface area contributed by atoms with E-state index in [0.717, 1.165) is 47.5 Å². The number of ketones is 1. The Kier molecular flexibility index (Phi) is 6.20. The van der Waals surface area contributed by atoms with Crippen LogP contribution in [0.1, 0.15) is 70.4 Å². The van der Waals surface area contributed by atoms with Crippen molar-refractivity contribution < 1.29 is 9.59 Å². The van der Waals surface area contributed by atoms with Crippen LogP contribution in [0.2, 0.25) is 0 Å². The van der Waals surface area contributed by atoms with Crippen LogP contribution in [0.3, 0.4) is 0 Å². The molecule has 0 spiro atoms. The molecule has 2 aliphatic carbocycles. The average Bonchev–Trinajstić information content (AvgIpc) is 2.94. The van der Waals surface area contributed by atoms with E-state index >= 15 is 0 Å². The fourth-order valence-corrected chi connectivity index (χ4v) is 5.88. The lowest BCUT2D eigenvalue weighted by Gasteiger charge is -2.38. The number of carbonyl (C=O) groups excluding carboxylic acids is 2. The summed E-state index contributed by atoms with van der Waals surface area (Å²) < 4.78 is 0. The second kappa shape index (κ2) is 9.28. The number of amides is 1. The molecule has 5 nitrogen and oxygen atoms in total. The van der Waals surface area contributed by atoms with E-state index in [1.807, 2.05) is 36.4 Å². The maximum atomic E-state index is 13.7. The molecular formula is C29H35N3O2. The van der Waals surface area contributed by atoms with E-state index < -0.39 is 0 Å². The lowest BCUT2D eigenvalue weighted by Crippen LogP contribution is -2.45. The molecule has 1 aliphatic heterocycles. The van der Waals surface area contributed by atoms with Gasteiger partial charge in [-0.05, 0) is 42.4 Å². The molecule has 2 aromatic rings. The van der Waals surface area contributed by atoms with Crippen molar-refractivity contribution in [1.29, 1.82) is 0 Å². The number of hydrogen-bond donors (Lipinski definition) is 2. The smallest absolute Gasteiger partial charge is 0.239 e. The van der Waals surface area contributed by atoms with Crippen LogP contribution >= 0.6 is 0 Å². The van der Waals surface area contributed by atoms with E-state index in [-0.39, 0.29) is 35.7 Å². The second-order valence-electron chi connectivity index (χ2n) is 10.8. The van der Waals surface area contributed by atoms with Gasteiger partial charge in [-0.2, -0.15) is 0 Å². The minimum atomic E-state index is -0.312. The molecular weight excluding hydrogens is 422 g/mol. The molecule has 1 saturated carbocycles. The highest BCUT2D eigenvalue weighted by Gasteiger charge is 2.41.